The van der Waals surface area contributed by atoms with E-state index < -0.39 is 0 Å². The number of nitrogens with one attached hydrogen (secondary N) is 2. The fourth-order valence-corrected chi connectivity index (χ4v) is 2.03. The van der Waals surface area contributed by atoms with Gasteiger partial charge < -0.3 is 10.6 Å². The van der Waals surface area contributed by atoms with Crippen molar-refractivity contribution < 1.29 is 4.79 Å². The summed E-state index contributed by atoms with van der Waals surface area (Å²) < 4.78 is 1.03. The number of carbonyl (C=O) groups is 1. The van der Waals surface area contributed by atoms with Crippen molar-refractivity contribution in [2.24, 2.45) is 0 Å². The number of halogens is 1. The van der Waals surface area contributed by atoms with Crippen LogP contribution in [-0.4, -0.2) is 18.5 Å². The van der Waals surface area contributed by atoms with Crippen molar-refractivity contribution in [2.45, 2.75) is 32.9 Å². The van der Waals surface area contributed by atoms with Crippen LogP contribution in [0.4, 0.5) is 0 Å². The molecule has 0 saturated carbocycles. The molecule has 0 bridgehead atoms. The summed E-state index contributed by atoms with van der Waals surface area (Å²) in [4.78, 5) is 11.6. The SMILES string of the molecule is CCNC(C)CC(=O)NCc1ccccc1Br. The summed E-state index contributed by atoms with van der Waals surface area (Å²) in [6.45, 7) is 5.51. The van der Waals surface area contributed by atoms with Gasteiger partial charge in [-0.1, -0.05) is 41.1 Å². The lowest BCUT2D eigenvalue weighted by molar-refractivity contribution is -0.121. The third-order valence-electron chi connectivity index (χ3n) is 2.48. The molecule has 0 aliphatic rings. The number of hydrogen-bond donors (Lipinski definition) is 2. The Morgan fingerprint density at radius 3 is 2.76 bits per heavy atom. The Morgan fingerprint density at radius 2 is 2.12 bits per heavy atom. The van der Waals surface area contributed by atoms with Crippen molar-refractivity contribution in [1.82, 2.24) is 10.6 Å². The highest BCUT2D eigenvalue weighted by atomic mass is 79.9. The smallest absolute Gasteiger partial charge is 0.221 e. The van der Waals surface area contributed by atoms with Crippen molar-refractivity contribution in [2.75, 3.05) is 6.54 Å². The molecule has 1 rings (SSSR count). The summed E-state index contributed by atoms with van der Waals surface area (Å²) in [5, 5.41) is 6.14. The van der Waals surface area contributed by atoms with E-state index in [1.807, 2.05) is 38.1 Å². The van der Waals surface area contributed by atoms with Crippen LogP contribution >= 0.6 is 15.9 Å². The quantitative estimate of drug-likeness (QED) is 0.847. The van der Waals surface area contributed by atoms with Crippen LogP contribution in [0.3, 0.4) is 0 Å². The third-order valence-corrected chi connectivity index (χ3v) is 3.25. The molecule has 0 aliphatic heterocycles. The molecule has 0 heterocycles. The molecule has 0 saturated heterocycles. The first-order chi connectivity index (χ1) is 8.13. The molecule has 0 fully saturated rings. The van der Waals surface area contributed by atoms with Gasteiger partial charge in [0.2, 0.25) is 5.91 Å². The molecule has 2 N–H and O–H groups in total. The van der Waals surface area contributed by atoms with E-state index in [2.05, 4.69) is 26.6 Å². The fourth-order valence-electron chi connectivity index (χ4n) is 1.61. The lowest BCUT2D eigenvalue weighted by Crippen LogP contribution is -2.33. The van der Waals surface area contributed by atoms with Gasteiger partial charge >= 0.3 is 0 Å². The van der Waals surface area contributed by atoms with E-state index in [1.54, 1.807) is 0 Å². The summed E-state index contributed by atoms with van der Waals surface area (Å²) in [5.41, 5.74) is 1.09. The summed E-state index contributed by atoms with van der Waals surface area (Å²) in [7, 11) is 0. The Balaban J connectivity index is 2.36. The summed E-state index contributed by atoms with van der Waals surface area (Å²) in [6, 6.07) is 8.12. The van der Waals surface area contributed by atoms with E-state index in [0.717, 1.165) is 16.6 Å². The van der Waals surface area contributed by atoms with Gasteiger partial charge in [-0.3, -0.25) is 4.79 Å². The minimum absolute atomic E-state index is 0.0780. The molecule has 3 nitrogen and oxygen atoms in total. The minimum Gasteiger partial charge on any atom is -0.352 e. The Hall–Kier alpha value is -0.870. The zero-order chi connectivity index (χ0) is 12.7. The average Bonchev–Trinajstić information content (AvgIpc) is 2.28. The highest BCUT2D eigenvalue weighted by molar-refractivity contribution is 9.10. The second kappa shape index (κ2) is 7.45. The van der Waals surface area contributed by atoms with Crippen molar-refractivity contribution in [1.29, 1.82) is 0 Å². The van der Waals surface area contributed by atoms with Gasteiger partial charge in [0.25, 0.3) is 0 Å². The molecular formula is C13H19BrN2O. The van der Waals surface area contributed by atoms with Crippen LogP contribution in [0.2, 0.25) is 0 Å². The first-order valence-electron chi connectivity index (χ1n) is 5.87. The summed E-state index contributed by atoms with van der Waals surface area (Å²) >= 11 is 3.46. The number of rotatable bonds is 6. The van der Waals surface area contributed by atoms with E-state index in [0.29, 0.717) is 13.0 Å². The molecule has 0 aliphatic carbocycles. The number of hydrogen-bond acceptors (Lipinski definition) is 2. The first kappa shape index (κ1) is 14.2. The van der Waals surface area contributed by atoms with Crippen molar-refractivity contribution in [3.63, 3.8) is 0 Å². The molecule has 0 spiro atoms. The van der Waals surface area contributed by atoms with Crippen LogP contribution in [0.1, 0.15) is 25.8 Å². The molecule has 1 aromatic carbocycles. The van der Waals surface area contributed by atoms with Crippen LogP contribution in [0.5, 0.6) is 0 Å². The van der Waals surface area contributed by atoms with Gasteiger partial charge in [0.05, 0.1) is 0 Å². The molecule has 0 aromatic heterocycles. The molecule has 1 amide bonds. The monoisotopic (exact) mass is 298 g/mol. The van der Waals surface area contributed by atoms with Crippen LogP contribution < -0.4 is 10.6 Å². The number of carbonyl (C=O) groups excluding carboxylic acids is 1. The van der Waals surface area contributed by atoms with E-state index in [9.17, 15) is 4.79 Å². The van der Waals surface area contributed by atoms with Gasteiger partial charge in [0, 0.05) is 23.5 Å². The van der Waals surface area contributed by atoms with Crippen LogP contribution in [0.25, 0.3) is 0 Å². The average molecular weight is 299 g/mol. The van der Waals surface area contributed by atoms with Crippen molar-refractivity contribution in [3.05, 3.63) is 34.3 Å². The molecule has 94 valence electrons. The van der Waals surface area contributed by atoms with E-state index in [4.69, 9.17) is 0 Å². The maximum absolute atomic E-state index is 11.6. The predicted molar refractivity (Wildman–Crippen MR) is 73.7 cm³/mol. The Labute approximate surface area is 111 Å². The first-order valence-corrected chi connectivity index (χ1v) is 6.66. The van der Waals surface area contributed by atoms with Crippen LogP contribution in [0, 0.1) is 0 Å². The van der Waals surface area contributed by atoms with Gasteiger partial charge in [-0.15, -0.1) is 0 Å². The molecule has 4 heteroatoms. The van der Waals surface area contributed by atoms with E-state index in [-0.39, 0.29) is 11.9 Å². The molecular weight excluding hydrogens is 280 g/mol. The number of benzene rings is 1. The maximum atomic E-state index is 11.6. The molecule has 0 radical (unpaired) electrons. The minimum atomic E-state index is 0.0780. The van der Waals surface area contributed by atoms with Crippen molar-refractivity contribution in [3.8, 4) is 0 Å². The van der Waals surface area contributed by atoms with Gasteiger partial charge in [-0.05, 0) is 25.1 Å². The normalized spacial score (nSPS) is 12.2. The van der Waals surface area contributed by atoms with Crippen LogP contribution in [0.15, 0.2) is 28.7 Å². The van der Waals surface area contributed by atoms with E-state index in [1.165, 1.54) is 0 Å². The summed E-state index contributed by atoms with van der Waals surface area (Å²) in [5.74, 6) is 0.0780. The maximum Gasteiger partial charge on any atom is 0.221 e. The van der Waals surface area contributed by atoms with Gasteiger partial charge in [0.15, 0.2) is 0 Å². The lowest BCUT2D eigenvalue weighted by Gasteiger charge is -2.12. The standard InChI is InChI=1S/C13H19BrN2O/c1-3-15-10(2)8-13(17)16-9-11-6-4-5-7-12(11)14/h4-7,10,15H,3,8-9H2,1-2H3,(H,16,17). The second-order valence-electron chi connectivity index (χ2n) is 4.03. The molecule has 1 atom stereocenters. The molecule has 17 heavy (non-hydrogen) atoms. The topological polar surface area (TPSA) is 41.1 Å². The zero-order valence-electron chi connectivity index (χ0n) is 10.3. The molecule has 1 unspecified atom stereocenters. The van der Waals surface area contributed by atoms with Gasteiger partial charge in [-0.25, -0.2) is 0 Å². The Kier molecular flexibility index (Phi) is 6.22. The second-order valence-corrected chi connectivity index (χ2v) is 4.89. The largest absolute Gasteiger partial charge is 0.352 e. The third kappa shape index (κ3) is 5.33. The number of amides is 1. The van der Waals surface area contributed by atoms with Gasteiger partial charge in [-0.2, -0.15) is 0 Å². The Morgan fingerprint density at radius 1 is 1.41 bits per heavy atom. The zero-order valence-corrected chi connectivity index (χ0v) is 11.9. The van der Waals surface area contributed by atoms with E-state index >= 15 is 0 Å². The Bertz CT molecular complexity index is 368. The fraction of sp³-hybridized carbons (Fsp3) is 0.462. The van der Waals surface area contributed by atoms with Crippen LogP contribution in [-0.2, 0) is 11.3 Å². The highest BCUT2D eigenvalue weighted by Crippen LogP contribution is 2.15. The van der Waals surface area contributed by atoms with Crippen molar-refractivity contribution >= 4 is 21.8 Å². The lowest BCUT2D eigenvalue weighted by atomic mass is 10.2. The summed E-state index contributed by atoms with van der Waals surface area (Å²) in [6.07, 6.45) is 0.512. The predicted octanol–water partition coefficient (Wildman–Crippen LogP) is 2.45. The van der Waals surface area contributed by atoms with Gasteiger partial charge in [0.1, 0.15) is 0 Å². The highest BCUT2D eigenvalue weighted by Gasteiger charge is 2.07. The molecule has 1 aromatic rings.